The van der Waals surface area contributed by atoms with E-state index < -0.39 is 27.4 Å². The van der Waals surface area contributed by atoms with E-state index in [-0.39, 0.29) is 29.5 Å². The molecule has 1 aliphatic carbocycles. The lowest BCUT2D eigenvalue weighted by Gasteiger charge is -2.32. The topological polar surface area (TPSA) is 55.8 Å². The molecule has 0 bridgehead atoms. The van der Waals surface area contributed by atoms with Gasteiger partial charge in [0.25, 0.3) is 10.0 Å². The average Bonchev–Trinajstić information content (AvgIpc) is 2.77. The third-order valence-corrected chi connectivity index (χ3v) is 6.99. The van der Waals surface area contributed by atoms with Crippen LogP contribution < -0.4 is 9.04 Å². The predicted octanol–water partition coefficient (Wildman–Crippen LogP) is 5.18. The highest BCUT2D eigenvalue weighted by Gasteiger charge is 2.36. The molecule has 0 saturated heterocycles. The Morgan fingerprint density at radius 2 is 1.81 bits per heavy atom. The molecule has 0 fully saturated rings. The minimum Gasteiger partial charge on any atom is -0.458 e. The van der Waals surface area contributed by atoms with Crippen LogP contribution in [0.5, 0.6) is 5.75 Å². The van der Waals surface area contributed by atoms with Crippen molar-refractivity contribution >= 4 is 15.7 Å². The summed E-state index contributed by atoms with van der Waals surface area (Å²) in [6.45, 7) is 2.07. The fourth-order valence-corrected chi connectivity index (χ4v) is 5.04. The van der Waals surface area contributed by atoms with Gasteiger partial charge >= 0.3 is 0 Å². The van der Waals surface area contributed by atoms with E-state index in [2.05, 4.69) is 0 Å². The van der Waals surface area contributed by atoms with Crippen LogP contribution in [-0.2, 0) is 21.4 Å². The lowest BCUT2D eigenvalue weighted by Crippen LogP contribution is -2.36. The highest BCUT2D eigenvalue weighted by atomic mass is 32.2. The summed E-state index contributed by atoms with van der Waals surface area (Å²) in [6.07, 6.45) is 5.31. The van der Waals surface area contributed by atoms with Gasteiger partial charge in [-0.25, -0.2) is 17.1 Å². The SMILES string of the molecule is CC1=CC=C(S(=O)(=O)N2C(COCc3ccccc3)=COc3c2ccc(F)c3F)CC1. The maximum absolute atomic E-state index is 14.3. The number of hydrogen-bond donors (Lipinski definition) is 0. The number of anilines is 1. The lowest BCUT2D eigenvalue weighted by atomic mass is 10.1. The Morgan fingerprint density at radius 1 is 1.03 bits per heavy atom. The van der Waals surface area contributed by atoms with Crippen molar-refractivity contribution in [3.8, 4) is 5.75 Å². The number of ether oxygens (including phenoxy) is 2. The molecule has 0 saturated carbocycles. The van der Waals surface area contributed by atoms with Gasteiger partial charge in [0.2, 0.25) is 5.82 Å². The molecule has 0 aromatic heterocycles. The first-order valence-corrected chi connectivity index (χ1v) is 11.2. The van der Waals surface area contributed by atoms with Crippen LogP contribution in [0.25, 0.3) is 0 Å². The molecule has 0 unspecified atom stereocenters. The van der Waals surface area contributed by atoms with Crippen molar-refractivity contribution in [2.45, 2.75) is 26.4 Å². The molecule has 0 amide bonds. The number of hydrogen-bond acceptors (Lipinski definition) is 4. The molecule has 31 heavy (non-hydrogen) atoms. The van der Waals surface area contributed by atoms with Gasteiger partial charge in [0.1, 0.15) is 11.9 Å². The van der Waals surface area contributed by atoms with Crippen LogP contribution in [0, 0.1) is 11.6 Å². The molecular weight excluding hydrogens is 424 g/mol. The first-order chi connectivity index (χ1) is 14.9. The molecule has 0 radical (unpaired) electrons. The van der Waals surface area contributed by atoms with E-state index in [4.69, 9.17) is 9.47 Å². The van der Waals surface area contributed by atoms with Crippen LogP contribution in [0.2, 0.25) is 0 Å². The molecule has 4 rings (SSSR count). The number of sulfonamides is 1. The van der Waals surface area contributed by atoms with Crippen LogP contribution in [-0.4, -0.2) is 15.0 Å². The predicted molar refractivity (Wildman–Crippen MR) is 114 cm³/mol. The van der Waals surface area contributed by atoms with Gasteiger partial charge in [-0.1, -0.05) is 42.0 Å². The molecule has 5 nitrogen and oxygen atoms in total. The van der Waals surface area contributed by atoms with E-state index in [1.807, 2.05) is 37.3 Å². The van der Waals surface area contributed by atoms with Gasteiger partial charge in [-0.2, -0.15) is 4.39 Å². The van der Waals surface area contributed by atoms with Crippen molar-refractivity contribution in [1.29, 1.82) is 0 Å². The third kappa shape index (κ3) is 4.26. The molecule has 1 heterocycles. The molecular formula is C23H21F2NO4S. The van der Waals surface area contributed by atoms with Gasteiger partial charge in [0.05, 0.1) is 23.8 Å². The molecule has 2 aromatic rings. The minimum atomic E-state index is -4.06. The Balaban J connectivity index is 1.68. The Hall–Kier alpha value is -2.97. The van der Waals surface area contributed by atoms with E-state index in [1.54, 1.807) is 12.2 Å². The monoisotopic (exact) mass is 445 g/mol. The quantitative estimate of drug-likeness (QED) is 0.615. The summed E-state index contributed by atoms with van der Waals surface area (Å²) in [7, 11) is -4.06. The van der Waals surface area contributed by atoms with E-state index in [1.165, 1.54) is 6.07 Å². The zero-order chi connectivity index (χ0) is 22.0. The van der Waals surface area contributed by atoms with Crippen molar-refractivity contribution in [2.24, 2.45) is 0 Å². The smallest absolute Gasteiger partial charge is 0.264 e. The highest BCUT2D eigenvalue weighted by Crippen LogP contribution is 2.42. The van der Waals surface area contributed by atoms with Crippen molar-refractivity contribution in [2.75, 3.05) is 10.9 Å². The number of nitrogens with zero attached hydrogens (tertiary/aromatic N) is 1. The van der Waals surface area contributed by atoms with Gasteiger partial charge in [-0.05, 0) is 43.5 Å². The molecule has 1 aliphatic heterocycles. The summed E-state index contributed by atoms with van der Waals surface area (Å²) in [6, 6.07) is 11.5. The Kier molecular flexibility index (Phi) is 5.93. The molecule has 162 valence electrons. The van der Waals surface area contributed by atoms with E-state index in [0.717, 1.165) is 27.8 Å². The lowest BCUT2D eigenvalue weighted by molar-refractivity contribution is 0.140. The van der Waals surface area contributed by atoms with Gasteiger partial charge in [-0.15, -0.1) is 0 Å². The van der Waals surface area contributed by atoms with Crippen LogP contribution in [0.4, 0.5) is 14.5 Å². The van der Waals surface area contributed by atoms with Gasteiger partial charge in [-0.3, -0.25) is 0 Å². The average molecular weight is 445 g/mol. The standard InChI is InChI=1S/C23H21F2NO4S/c1-16-7-9-19(10-8-16)31(27,28)26-18(14-29-13-17-5-3-2-4-6-17)15-30-23-21(26)12-11-20(24)22(23)25/h2-7,9,11-12,15H,8,10,13-14H2,1H3. The van der Waals surface area contributed by atoms with Crippen LogP contribution in [0.15, 0.2) is 77.1 Å². The molecule has 2 aliphatic rings. The summed E-state index contributed by atoms with van der Waals surface area (Å²) in [5, 5.41) is 0. The molecule has 0 spiro atoms. The third-order valence-electron chi connectivity index (χ3n) is 5.07. The zero-order valence-corrected chi connectivity index (χ0v) is 17.7. The van der Waals surface area contributed by atoms with Gasteiger partial charge in [0, 0.05) is 0 Å². The number of rotatable bonds is 6. The van der Waals surface area contributed by atoms with E-state index in [9.17, 15) is 17.2 Å². The molecule has 0 atom stereocenters. The van der Waals surface area contributed by atoms with E-state index >= 15 is 0 Å². The second kappa shape index (κ2) is 8.64. The largest absolute Gasteiger partial charge is 0.458 e. The number of benzene rings is 2. The van der Waals surface area contributed by atoms with Crippen molar-refractivity contribution in [1.82, 2.24) is 0 Å². The fraction of sp³-hybridized carbons (Fsp3) is 0.217. The maximum atomic E-state index is 14.3. The second-order valence-corrected chi connectivity index (χ2v) is 9.17. The van der Waals surface area contributed by atoms with Crippen LogP contribution in [0.1, 0.15) is 25.3 Å². The molecule has 8 heteroatoms. The second-order valence-electron chi connectivity index (χ2n) is 7.33. The summed E-state index contributed by atoms with van der Waals surface area (Å²) < 4.78 is 67.1. The van der Waals surface area contributed by atoms with Crippen molar-refractivity contribution in [3.63, 3.8) is 0 Å². The van der Waals surface area contributed by atoms with Crippen molar-refractivity contribution < 1.29 is 26.7 Å². The number of halogens is 2. The first kappa shape index (κ1) is 21.3. The maximum Gasteiger partial charge on any atom is 0.264 e. The number of fused-ring (bicyclic) bond motifs is 1. The van der Waals surface area contributed by atoms with Gasteiger partial charge in [0.15, 0.2) is 11.6 Å². The Bertz CT molecular complexity index is 1190. The van der Waals surface area contributed by atoms with Crippen LogP contribution in [0.3, 0.4) is 0 Å². The Morgan fingerprint density at radius 3 is 2.52 bits per heavy atom. The summed E-state index contributed by atoms with van der Waals surface area (Å²) in [5.74, 6) is -2.84. The normalized spacial score (nSPS) is 16.1. The summed E-state index contributed by atoms with van der Waals surface area (Å²) in [5.41, 5.74) is 2.06. The van der Waals surface area contributed by atoms with Crippen molar-refractivity contribution in [3.05, 3.63) is 94.3 Å². The number of allylic oxidation sites excluding steroid dienone is 4. The highest BCUT2D eigenvalue weighted by molar-refractivity contribution is 7.96. The first-order valence-electron chi connectivity index (χ1n) is 9.75. The minimum absolute atomic E-state index is 0.0908. The summed E-state index contributed by atoms with van der Waals surface area (Å²) in [4.78, 5) is 0.185. The molecule has 0 N–H and O–H groups in total. The van der Waals surface area contributed by atoms with Crippen LogP contribution >= 0.6 is 0 Å². The molecule has 2 aromatic carbocycles. The van der Waals surface area contributed by atoms with Gasteiger partial charge < -0.3 is 9.47 Å². The fourth-order valence-electron chi connectivity index (χ4n) is 3.40. The zero-order valence-electron chi connectivity index (χ0n) is 16.8. The summed E-state index contributed by atoms with van der Waals surface area (Å²) >= 11 is 0. The van der Waals surface area contributed by atoms with E-state index in [0.29, 0.717) is 12.8 Å². The Labute approximate surface area is 180 Å².